The fourth-order valence-electron chi connectivity index (χ4n) is 4.99. The molecule has 182 valence electrons. The number of anilines is 1. The molecule has 2 heterocycles. The van der Waals surface area contributed by atoms with Gasteiger partial charge in [0.15, 0.2) is 5.69 Å². The molecule has 1 saturated carbocycles. The van der Waals surface area contributed by atoms with E-state index in [9.17, 15) is 14.4 Å². The quantitative estimate of drug-likeness (QED) is 0.677. The van der Waals surface area contributed by atoms with Gasteiger partial charge in [-0.1, -0.05) is 19.1 Å². The fraction of sp³-hybridized carbons (Fsp3) is 0.538. The van der Waals surface area contributed by atoms with Gasteiger partial charge in [-0.25, -0.2) is 4.79 Å². The first-order chi connectivity index (χ1) is 16.2. The van der Waals surface area contributed by atoms with E-state index in [0.717, 1.165) is 36.8 Å². The minimum Gasteiger partial charge on any atom is -0.461 e. The topological polar surface area (TPSA) is 93.5 Å². The summed E-state index contributed by atoms with van der Waals surface area (Å²) in [6.45, 7) is 10.0. The summed E-state index contributed by atoms with van der Waals surface area (Å²) in [6.07, 6.45) is 4.02. The Labute approximate surface area is 200 Å². The Hall–Kier alpha value is -3.16. The molecule has 8 nitrogen and oxygen atoms in total. The number of ether oxygens (including phenoxy) is 1. The lowest BCUT2D eigenvalue weighted by atomic mass is 9.86. The minimum atomic E-state index is -1.22. The van der Waals surface area contributed by atoms with Crippen LogP contribution in [0.4, 0.5) is 5.69 Å². The van der Waals surface area contributed by atoms with Gasteiger partial charge in [-0.15, -0.1) is 0 Å². The smallest absolute Gasteiger partial charge is 0.358 e. The van der Waals surface area contributed by atoms with Crippen LogP contribution in [-0.2, 0) is 16.1 Å². The van der Waals surface area contributed by atoms with Gasteiger partial charge < -0.3 is 10.1 Å². The number of aromatic nitrogens is 2. The van der Waals surface area contributed by atoms with Crippen molar-refractivity contribution in [1.82, 2.24) is 15.1 Å². The zero-order valence-corrected chi connectivity index (χ0v) is 20.7. The molecule has 2 aromatic rings. The second-order valence-corrected chi connectivity index (χ2v) is 9.86. The maximum absolute atomic E-state index is 13.9. The third-order valence-electron chi connectivity index (χ3n) is 7.30. The molecule has 4 rings (SSSR count). The van der Waals surface area contributed by atoms with Crippen LogP contribution in [0.15, 0.2) is 24.3 Å². The summed E-state index contributed by atoms with van der Waals surface area (Å²) >= 11 is 0. The van der Waals surface area contributed by atoms with Gasteiger partial charge in [0.1, 0.15) is 11.2 Å². The Kier molecular flexibility index (Phi) is 6.51. The Morgan fingerprint density at radius 2 is 1.91 bits per heavy atom. The van der Waals surface area contributed by atoms with Crippen LogP contribution in [0.2, 0.25) is 0 Å². The number of rotatable bonds is 5. The highest BCUT2D eigenvalue weighted by atomic mass is 16.5. The van der Waals surface area contributed by atoms with Crippen LogP contribution in [0.25, 0.3) is 0 Å². The third-order valence-corrected chi connectivity index (χ3v) is 7.30. The molecular formula is C26H34N4O4. The zero-order valence-electron chi connectivity index (χ0n) is 20.7. The van der Waals surface area contributed by atoms with Crippen LogP contribution in [0.5, 0.6) is 0 Å². The summed E-state index contributed by atoms with van der Waals surface area (Å²) in [7, 11) is 0. The Morgan fingerprint density at radius 3 is 2.59 bits per heavy atom. The van der Waals surface area contributed by atoms with Crippen molar-refractivity contribution < 1.29 is 19.1 Å². The summed E-state index contributed by atoms with van der Waals surface area (Å²) in [5.41, 5.74) is 1.76. The van der Waals surface area contributed by atoms with E-state index in [0.29, 0.717) is 11.6 Å². The molecule has 0 bridgehead atoms. The average molecular weight is 467 g/mol. The van der Waals surface area contributed by atoms with Gasteiger partial charge in [0, 0.05) is 17.8 Å². The molecule has 1 aliphatic heterocycles. The molecule has 0 unspecified atom stereocenters. The first-order valence-electron chi connectivity index (χ1n) is 12.1. The highest BCUT2D eigenvalue weighted by Gasteiger charge is 2.50. The van der Waals surface area contributed by atoms with Gasteiger partial charge >= 0.3 is 5.97 Å². The lowest BCUT2D eigenvalue weighted by molar-refractivity contribution is -0.127. The van der Waals surface area contributed by atoms with Crippen LogP contribution >= 0.6 is 0 Å². The minimum absolute atomic E-state index is 0.0667. The molecular weight excluding hydrogens is 432 g/mol. The van der Waals surface area contributed by atoms with E-state index < -0.39 is 11.5 Å². The van der Waals surface area contributed by atoms with Crippen molar-refractivity contribution in [1.29, 1.82) is 0 Å². The first kappa shape index (κ1) is 24.0. The van der Waals surface area contributed by atoms with Crippen LogP contribution in [0.3, 0.4) is 0 Å². The van der Waals surface area contributed by atoms with E-state index in [2.05, 4.69) is 17.3 Å². The molecule has 1 atom stereocenters. The van der Waals surface area contributed by atoms with Crippen LogP contribution < -0.4 is 10.2 Å². The van der Waals surface area contributed by atoms with Gasteiger partial charge in [-0.3, -0.25) is 19.2 Å². The molecule has 1 aromatic carbocycles. The highest BCUT2D eigenvalue weighted by molar-refractivity contribution is 6.12. The molecule has 1 N–H and O–H groups in total. The number of hydrogen-bond acceptors (Lipinski definition) is 5. The van der Waals surface area contributed by atoms with Gasteiger partial charge in [-0.05, 0) is 76.5 Å². The summed E-state index contributed by atoms with van der Waals surface area (Å²) in [5.74, 6) is -0.490. The standard InChI is InChI=1S/C26H34N4O4/c1-6-34-24(32)20-14-22-23(31)30(21-9-7-8-17(3)18(21)4)26(5,15-29(22)28-20)25(33)27-19-12-10-16(2)11-13-19/h7-9,14,16,19H,6,10-13,15H2,1-5H3,(H,27,33)/t16?,19?,26-/m1/s1. The summed E-state index contributed by atoms with van der Waals surface area (Å²) in [6, 6.07) is 7.29. The van der Waals surface area contributed by atoms with E-state index in [1.807, 2.05) is 32.0 Å². The fourth-order valence-corrected chi connectivity index (χ4v) is 4.99. The van der Waals surface area contributed by atoms with Gasteiger partial charge in [-0.2, -0.15) is 5.10 Å². The number of aryl methyl sites for hydroxylation is 1. The van der Waals surface area contributed by atoms with E-state index >= 15 is 0 Å². The largest absolute Gasteiger partial charge is 0.461 e. The Bertz CT molecular complexity index is 1120. The van der Waals surface area contributed by atoms with Crippen molar-refractivity contribution in [2.24, 2.45) is 5.92 Å². The zero-order chi connectivity index (χ0) is 24.6. The van der Waals surface area contributed by atoms with E-state index in [4.69, 9.17) is 4.74 Å². The maximum atomic E-state index is 13.9. The molecule has 1 aliphatic carbocycles. The van der Waals surface area contributed by atoms with Crippen molar-refractivity contribution in [3.05, 3.63) is 46.8 Å². The lowest BCUT2D eigenvalue weighted by Crippen LogP contribution is -2.65. The second-order valence-electron chi connectivity index (χ2n) is 9.86. The Morgan fingerprint density at radius 1 is 1.21 bits per heavy atom. The highest BCUT2D eigenvalue weighted by Crippen LogP contribution is 2.36. The summed E-state index contributed by atoms with van der Waals surface area (Å²) in [4.78, 5) is 41.6. The average Bonchev–Trinajstić information content (AvgIpc) is 3.22. The molecule has 0 spiro atoms. The molecule has 8 heteroatoms. The van der Waals surface area contributed by atoms with Crippen LogP contribution in [0, 0.1) is 19.8 Å². The van der Waals surface area contributed by atoms with Crippen LogP contribution in [-0.4, -0.2) is 45.8 Å². The molecule has 1 fully saturated rings. The monoisotopic (exact) mass is 466 g/mol. The lowest BCUT2D eigenvalue weighted by Gasteiger charge is -2.44. The van der Waals surface area contributed by atoms with Crippen molar-refractivity contribution in [3.63, 3.8) is 0 Å². The second kappa shape index (κ2) is 9.24. The van der Waals surface area contributed by atoms with Crippen molar-refractivity contribution >= 4 is 23.5 Å². The predicted octanol–water partition coefficient (Wildman–Crippen LogP) is 3.79. The molecule has 2 amide bonds. The van der Waals surface area contributed by atoms with Crippen molar-refractivity contribution in [2.75, 3.05) is 11.5 Å². The normalized spacial score (nSPS) is 24.5. The number of benzene rings is 1. The number of hydrogen-bond donors (Lipinski definition) is 1. The summed E-state index contributed by atoms with van der Waals surface area (Å²) < 4.78 is 6.55. The van der Waals surface area contributed by atoms with E-state index in [-0.39, 0.29) is 42.4 Å². The van der Waals surface area contributed by atoms with E-state index in [1.165, 1.54) is 10.7 Å². The Balaban J connectivity index is 1.75. The van der Waals surface area contributed by atoms with Gasteiger partial charge in [0.25, 0.3) is 5.91 Å². The molecule has 0 radical (unpaired) electrons. The molecule has 2 aliphatic rings. The number of carbonyl (C=O) groups is 3. The van der Waals surface area contributed by atoms with Gasteiger partial charge in [0.2, 0.25) is 5.91 Å². The van der Waals surface area contributed by atoms with Crippen molar-refractivity contribution in [3.8, 4) is 0 Å². The number of nitrogens with zero attached hydrogens (tertiary/aromatic N) is 3. The van der Waals surface area contributed by atoms with Crippen LogP contribution in [0.1, 0.15) is 78.6 Å². The summed E-state index contributed by atoms with van der Waals surface area (Å²) in [5, 5.41) is 7.56. The first-order valence-corrected chi connectivity index (χ1v) is 12.1. The number of fused-ring (bicyclic) bond motifs is 1. The van der Waals surface area contributed by atoms with Gasteiger partial charge in [0.05, 0.1) is 13.2 Å². The van der Waals surface area contributed by atoms with E-state index in [1.54, 1.807) is 18.7 Å². The predicted molar refractivity (Wildman–Crippen MR) is 129 cm³/mol. The molecule has 0 saturated heterocycles. The molecule has 1 aromatic heterocycles. The number of carbonyl (C=O) groups excluding carboxylic acids is 3. The molecule has 34 heavy (non-hydrogen) atoms. The SMILES string of the molecule is CCOC(=O)c1cc2n(n1)C[C@](C)(C(=O)NC1CCC(C)CC1)N(c1cccc(C)c1C)C2=O. The number of amides is 2. The number of esters is 1. The maximum Gasteiger partial charge on any atom is 0.358 e. The third kappa shape index (κ3) is 4.21. The van der Waals surface area contributed by atoms with Crippen molar-refractivity contribution in [2.45, 2.75) is 78.4 Å². The number of nitrogens with one attached hydrogen (secondary N) is 1.